The molecule has 5 heteroatoms. The first kappa shape index (κ1) is 14.8. The number of aliphatic hydroxyl groups excluding tert-OH is 1. The van der Waals surface area contributed by atoms with E-state index >= 15 is 0 Å². The number of aromatic hydroxyl groups is 1. The van der Waals surface area contributed by atoms with Crippen molar-refractivity contribution in [3.05, 3.63) is 58.4 Å². The molecule has 1 heterocycles. The first-order chi connectivity index (χ1) is 9.69. The molecule has 0 saturated carbocycles. The highest BCUT2D eigenvalue weighted by molar-refractivity contribution is 6.29. The van der Waals surface area contributed by atoms with Crippen LogP contribution in [-0.2, 0) is 19.6 Å². The van der Waals surface area contributed by atoms with E-state index in [4.69, 9.17) is 11.6 Å². The van der Waals surface area contributed by atoms with Crippen molar-refractivity contribution in [3.63, 3.8) is 0 Å². The number of hydrogen-bond donors (Lipinski definition) is 3. The molecule has 2 rings (SSSR count). The zero-order valence-corrected chi connectivity index (χ0v) is 11.8. The second-order valence-electron chi connectivity index (χ2n) is 4.49. The van der Waals surface area contributed by atoms with Gasteiger partial charge in [-0.3, -0.25) is 0 Å². The number of halogens is 1. The molecule has 0 aliphatic heterocycles. The van der Waals surface area contributed by atoms with Crippen LogP contribution in [0.1, 0.15) is 16.8 Å². The fourth-order valence-electron chi connectivity index (χ4n) is 1.92. The van der Waals surface area contributed by atoms with E-state index in [1.807, 2.05) is 18.2 Å². The molecular weight excluding hydrogens is 276 g/mol. The second kappa shape index (κ2) is 7.24. The molecule has 1 aromatic heterocycles. The molecule has 106 valence electrons. The summed E-state index contributed by atoms with van der Waals surface area (Å²) in [5.41, 5.74) is 2.71. The van der Waals surface area contributed by atoms with E-state index in [1.165, 1.54) is 0 Å². The first-order valence-electron chi connectivity index (χ1n) is 6.43. The summed E-state index contributed by atoms with van der Waals surface area (Å²) in [5, 5.41) is 22.1. The lowest BCUT2D eigenvalue weighted by atomic mass is 10.1. The molecule has 3 N–H and O–H groups in total. The minimum Gasteiger partial charge on any atom is -0.508 e. The molecule has 0 radical (unpaired) electrons. The predicted octanol–water partition coefficient (Wildman–Crippen LogP) is 2.27. The Morgan fingerprint density at radius 3 is 2.55 bits per heavy atom. The highest BCUT2D eigenvalue weighted by Crippen LogP contribution is 2.12. The number of benzene rings is 1. The Morgan fingerprint density at radius 1 is 1.10 bits per heavy atom. The van der Waals surface area contributed by atoms with Crippen molar-refractivity contribution in [1.82, 2.24) is 10.3 Å². The van der Waals surface area contributed by atoms with E-state index in [-0.39, 0.29) is 12.4 Å². The van der Waals surface area contributed by atoms with Crippen LogP contribution in [0.5, 0.6) is 5.75 Å². The minimum absolute atomic E-state index is 0.116. The lowest BCUT2D eigenvalue weighted by Crippen LogP contribution is -2.18. The van der Waals surface area contributed by atoms with Gasteiger partial charge in [0.05, 0.1) is 12.3 Å². The van der Waals surface area contributed by atoms with Crippen molar-refractivity contribution in [3.8, 4) is 5.75 Å². The maximum absolute atomic E-state index is 9.23. The Balaban J connectivity index is 1.82. The SMILES string of the molecule is OCc1nc(Cl)ccc1CNCCc1ccc(O)cc1. The zero-order chi connectivity index (χ0) is 14.4. The Morgan fingerprint density at radius 2 is 1.85 bits per heavy atom. The number of phenolic OH excluding ortho intramolecular Hbond substituents is 1. The number of aromatic nitrogens is 1. The summed E-state index contributed by atoms with van der Waals surface area (Å²) in [4.78, 5) is 4.09. The smallest absolute Gasteiger partial charge is 0.129 e. The van der Waals surface area contributed by atoms with Gasteiger partial charge in [0.15, 0.2) is 0 Å². The van der Waals surface area contributed by atoms with Crippen LogP contribution >= 0.6 is 11.6 Å². The highest BCUT2D eigenvalue weighted by atomic mass is 35.5. The molecule has 0 amide bonds. The van der Waals surface area contributed by atoms with Crippen LogP contribution in [0.4, 0.5) is 0 Å². The number of pyridine rings is 1. The van der Waals surface area contributed by atoms with Crippen molar-refractivity contribution < 1.29 is 10.2 Å². The lowest BCUT2D eigenvalue weighted by Gasteiger charge is -2.09. The van der Waals surface area contributed by atoms with Gasteiger partial charge in [-0.05, 0) is 42.3 Å². The number of hydrogen-bond acceptors (Lipinski definition) is 4. The molecule has 0 bridgehead atoms. The average molecular weight is 293 g/mol. The Hall–Kier alpha value is -1.62. The molecule has 4 nitrogen and oxygen atoms in total. The highest BCUT2D eigenvalue weighted by Gasteiger charge is 2.04. The van der Waals surface area contributed by atoms with Gasteiger partial charge in [0.25, 0.3) is 0 Å². The number of rotatable bonds is 6. The fraction of sp³-hybridized carbons (Fsp3) is 0.267. The van der Waals surface area contributed by atoms with Crippen LogP contribution in [0.25, 0.3) is 0 Å². The number of phenols is 1. The summed E-state index contributed by atoms with van der Waals surface area (Å²) >= 11 is 5.79. The van der Waals surface area contributed by atoms with Gasteiger partial charge >= 0.3 is 0 Å². The fourth-order valence-corrected chi connectivity index (χ4v) is 2.08. The largest absolute Gasteiger partial charge is 0.508 e. The molecule has 0 unspecified atom stereocenters. The van der Waals surface area contributed by atoms with Crippen LogP contribution in [-0.4, -0.2) is 21.7 Å². The molecule has 2 aromatic rings. The summed E-state index contributed by atoms with van der Waals surface area (Å²) in [5.74, 6) is 0.279. The van der Waals surface area contributed by atoms with Crippen LogP contribution in [0, 0.1) is 0 Å². The van der Waals surface area contributed by atoms with Crippen LogP contribution < -0.4 is 5.32 Å². The third kappa shape index (κ3) is 4.20. The molecule has 0 aliphatic rings. The van der Waals surface area contributed by atoms with E-state index in [1.54, 1.807) is 18.2 Å². The van der Waals surface area contributed by atoms with Crippen molar-refractivity contribution in [2.75, 3.05) is 6.54 Å². The molecular formula is C15H17ClN2O2. The summed E-state index contributed by atoms with van der Waals surface area (Å²) in [6.45, 7) is 1.33. The lowest BCUT2D eigenvalue weighted by molar-refractivity contribution is 0.275. The predicted molar refractivity (Wildman–Crippen MR) is 78.7 cm³/mol. The third-order valence-electron chi connectivity index (χ3n) is 3.03. The van der Waals surface area contributed by atoms with Gasteiger partial charge < -0.3 is 15.5 Å². The topological polar surface area (TPSA) is 65.4 Å². The van der Waals surface area contributed by atoms with Gasteiger partial charge in [0.2, 0.25) is 0 Å². The third-order valence-corrected chi connectivity index (χ3v) is 3.24. The summed E-state index contributed by atoms with van der Waals surface area (Å²) in [6.07, 6.45) is 0.871. The molecule has 0 fully saturated rings. The van der Waals surface area contributed by atoms with Crippen LogP contribution in [0.15, 0.2) is 36.4 Å². The molecule has 0 saturated heterocycles. The quantitative estimate of drug-likeness (QED) is 0.564. The summed E-state index contributed by atoms with van der Waals surface area (Å²) < 4.78 is 0. The monoisotopic (exact) mass is 292 g/mol. The van der Waals surface area contributed by atoms with Crippen molar-refractivity contribution in [1.29, 1.82) is 0 Å². The summed E-state index contributed by atoms with van der Waals surface area (Å²) in [7, 11) is 0. The van der Waals surface area contributed by atoms with Crippen molar-refractivity contribution in [2.45, 2.75) is 19.6 Å². The number of aliphatic hydroxyl groups is 1. The zero-order valence-electron chi connectivity index (χ0n) is 11.0. The van der Waals surface area contributed by atoms with Crippen LogP contribution in [0.2, 0.25) is 5.15 Å². The average Bonchev–Trinajstić information content (AvgIpc) is 2.46. The normalized spacial score (nSPS) is 10.7. The van der Waals surface area contributed by atoms with E-state index in [0.29, 0.717) is 17.4 Å². The van der Waals surface area contributed by atoms with Crippen LogP contribution in [0.3, 0.4) is 0 Å². The van der Waals surface area contributed by atoms with E-state index < -0.39 is 0 Å². The van der Waals surface area contributed by atoms with Crippen molar-refractivity contribution in [2.24, 2.45) is 0 Å². The Bertz CT molecular complexity index is 558. The maximum atomic E-state index is 9.23. The molecule has 0 atom stereocenters. The van der Waals surface area contributed by atoms with Gasteiger partial charge in [0.1, 0.15) is 10.9 Å². The molecule has 20 heavy (non-hydrogen) atoms. The van der Waals surface area contributed by atoms with Gasteiger partial charge in [-0.1, -0.05) is 29.8 Å². The molecule has 0 spiro atoms. The first-order valence-corrected chi connectivity index (χ1v) is 6.80. The van der Waals surface area contributed by atoms with Gasteiger partial charge in [-0.25, -0.2) is 4.98 Å². The van der Waals surface area contributed by atoms with E-state index in [2.05, 4.69) is 10.3 Å². The maximum Gasteiger partial charge on any atom is 0.129 e. The van der Waals surface area contributed by atoms with E-state index in [0.717, 1.165) is 24.1 Å². The Kier molecular flexibility index (Phi) is 5.35. The van der Waals surface area contributed by atoms with Gasteiger partial charge in [-0.2, -0.15) is 0 Å². The second-order valence-corrected chi connectivity index (χ2v) is 4.88. The Labute approximate surface area is 123 Å². The molecule has 0 aliphatic carbocycles. The number of nitrogens with zero attached hydrogens (tertiary/aromatic N) is 1. The molecule has 1 aromatic carbocycles. The van der Waals surface area contributed by atoms with E-state index in [9.17, 15) is 10.2 Å². The number of nitrogens with one attached hydrogen (secondary N) is 1. The van der Waals surface area contributed by atoms with Gasteiger partial charge in [-0.15, -0.1) is 0 Å². The summed E-state index contributed by atoms with van der Waals surface area (Å²) in [6, 6.07) is 10.8. The standard InChI is InChI=1S/C15H17ClN2O2/c16-15-6-3-12(14(10-19)18-15)9-17-8-7-11-1-4-13(20)5-2-11/h1-6,17,19-20H,7-10H2. The minimum atomic E-state index is -0.116. The van der Waals surface area contributed by atoms with Crippen molar-refractivity contribution >= 4 is 11.6 Å². The van der Waals surface area contributed by atoms with Gasteiger partial charge in [0, 0.05) is 6.54 Å².